The van der Waals surface area contributed by atoms with Gasteiger partial charge in [0.05, 0.1) is 0 Å². The molecule has 1 unspecified atom stereocenters. The average Bonchev–Trinajstić information content (AvgIpc) is 2.98. The van der Waals surface area contributed by atoms with Crippen LogP contribution >= 0.6 is 22.7 Å². The van der Waals surface area contributed by atoms with E-state index in [1.165, 1.54) is 27.0 Å². The van der Waals surface area contributed by atoms with Gasteiger partial charge in [-0.2, -0.15) is 0 Å². The van der Waals surface area contributed by atoms with E-state index in [9.17, 15) is 5.11 Å². The van der Waals surface area contributed by atoms with E-state index in [4.69, 9.17) is 0 Å². The van der Waals surface area contributed by atoms with Crippen LogP contribution < -0.4 is 0 Å². The van der Waals surface area contributed by atoms with Crippen LogP contribution in [-0.2, 0) is 6.42 Å². The van der Waals surface area contributed by atoms with Gasteiger partial charge < -0.3 is 5.11 Å². The van der Waals surface area contributed by atoms with Crippen LogP contribution in [0.5, 0.6) is 0 Å². The number of aromatic nitrogens is 1. The monoisotopic (exact) mass is 261 g/mol. The number of aliphatic hydroxyl groups excluding tert-OH is 1. The Kier molecular flexibility index (Phi) is 2.93. The summed E-state index contributed by atoms with van der Waals surface area (Å²) in [6.45, 7) is 0. The predicted molar refractivity (Wildman–Crippen MR) is 72.6 cm³/mol. The summed E-state index contributed by atoms with van der Waals surface area (Å²) < 4.78 is 1.27. The van der Waals surface area contributed by atoms with Gasteiger partial charge in [0.1, 0.15) is 11.1 Å². The van der Waals surface area contributed by atoms with Gasteiger partial charge in [0.2, 0.25) is 0 Å². The third-order valence-corrected chi connectivity index (χ3v) is 4.60. The third-order valence-electron chi connectivity index (χ3n) is 2.71. The molecule has 1 aromatic carbocycles. The summed E-state index contributed by atoms with van der Waals surface area (Å²) in [5.74, 6) is 0. The van der Waals surface area contributed by atoms with E-state index < -0.39 is 6.10 Å². The van der Waals surface area contributed by atoms with Crippen LogP contribution in [0.15, 0.2) is 41.2 Å². The molecule has 4 heteroatoms. The molecule has 0 amide bonds. The molecule has 1 atom stereocenters. The summed E-state index contributed by atoms with van der Waals surface area (Å²) >= 11 is 3.23. The van der Waals surface area contributed by atoms with E-state index >= 15 is 0 Å². The highest BCUT2D eigenvalue weighted by atomic mass is 32.1. The molecule has 0 fully saturated rings. The number of nitrogens with zero attached hydrogens (tertiary/aromatic N) is 1. The Morgan fingerprint density at radius 2 is 2.12 bits per heavy atom. The first-order valence-electron chi connectivity index (χ1n) is 5.37. The number of aliphatic hydroxyl groups is 1. The number of thiazole rings is 1. The summed E-state index contributed by atoms with van der Waals surface area (Å²) in [7, 11) is 0. The number of hydrogen-bond donors (Lipinski definition) is 1. The topological polar surface area (TPSA) is 33.1 Å². The largest absolute Gasteiger partial charge is 0.386 e. The van der Waals surface area contributed by atoms with Gasteiger partial charge in [-0.1, -0.05) is 18.2 Å². The highest BCUT2D eigenvalue weighted by Gasteiger charge is 2.13. The second kappa shape index (κ2) is 4.56. The molecule has 0 aliphatic carbocycles. The number of hydrogen-bond acceptors (Lipinski definition) is 4. The lowest BCUT2D eigenvalue weighted by atomic mass is 10.1. The first kappa shape index (κ1) is 10.9. The van der Waals surface area contributed by atoms with Gasteiger partial charge in [-0.25, -0.2) is 4.98 Å². The van der Waals surface area contributed by atoms with Crippen molar-refractivity contribution in [3.05, 3.63) is 51.8 Å². The smallest absolute Gasteiger partial charge is 0.121 e. The highest BCUT2D eigenvalue weighted by Crippen LogP contribution is 2.29. The number of thiophene rings is 1. The quantitative estimate of drug-likeness (QED) is 0.781. The molecule has 0 radical (unpaired) electrons. The Morgan fingerprint density at radius 1 is 1.24 bits per heavy atom. The van der Waals surface area contributed by atoms with Crippen molar-refractivity contribution in [1.82, 2.24) is 4.98 Å². The van der Waals surface area contributed by atoms with Crippen molar-refractivity contribution in [2.24, 2.45) is 0 Å². The fourth-order valence-corrected chi connectivity index (χ4v) is 3.48. The maximum Gasteiger partial charge on any atom is 0.121 e. The van der Waals surface area contributed by atoms with E-state index in [2.05, 4.69) is 22.5 Å². The lowest BCUT2D eigenvalue weighted by molar-refractivity contribution is 0.178. The molecule has 0 aliphatic rings. The zero-order chi connectivity index (χ0) is 11.7. The standard InChI is InChI=1S/C13H11NOS2/c15-11(13-14-5-6-16-13)7-9-8-17-12-4-2-1-3-10(9)12/h1-6,8,11,15H,7H2. The van der Waals surface area contributed by atoms with Crippen LogP contribution in [-0.4, -0.2) is 10.1 Å². The summed E-state index contributed by atoms with van der Waals surface area (Å²) in [5, 5.41) is 16.1. The van der Waals surface area contributed by atoms with Crippen molar-refractivity contribution >= 4 is 32.8 Å². The summed E-state index contributed by atoms with van der Waals surface area (Å²) in [4.78, 5) is 4.15. The number of benzene rings is 1. The van der Waals surface area contributed by atoms with Crippen LogP contribution in [0.4, 0.5) is 0 Å². The van der Waals surface area contributed by atoms with Crippen LogP contribution in [0.3, 0.4) is 0 Å². The van der Waals surface area contributed by atoms with E-state index in [0.717, 1.165) is 5.01 Å². The minimum absolute atomic E-state index is 0.493. The van der Waals surface area contributed by atoms with E-state index in [1.807, 2.05) is 17.5 Å². The summed E-state index contributed by atoms with van der Waals surface area (Å²) in [6, 6.07) is 8.29. The first-order chi connectivity index (χ1) is 8.34. The van der Waals surface area contributed by atoms with Gasteiger partial charge in [-0.3, -0.25) is 0 Å². The minimum Gasteiger partial charge on any atom is -0.386 e. The van der Waals surface area contributed by atoms with Crippen LogP contribution in [0.25, 0.3) is 10.1 Å². The molecule has 3 rings (SSSR count). The Morgan fingerprint density at radius 3 is 2.94 bits per heavy atom. The van der Waals surface area contributed by atoms with Gasteiger partial charge in [0.15, 0.2) is 0 Å². The molecular formula is C13H11NOS2. The Balaban J connectivity index is 1.90. The Bertz CT molecular complexity index is 615. The predicted octanol–water partition coefficient (Wildman–Crippen LogP) is 3.63. The zero-order valence-electron chi connectivity index (χ0n) is 9.04. The molecule has 1 N–H and O–H groups in total. The Hall–Kier alpha value is -1.23. The summed E-state index contributed by atoms with van der Waals surface area (Å²) in [6.07, 6.45) is 1.87. The maximum absolute atomic E-state index is 10.1. The molecule has 3 aromatic rings. The molecule has 86 valence electrons. The second-order valence-corrected chi connectivity index (χ2v) is 5.68. The third kappa shape index (κ3) is 2.11. The van der Waals surface area contributed by atoms with Crippen molar-refractivity contribution in [2.45, 2.75) is 12.5 Å². The van der Waals surface area contributed by atoms with Gasteiger partial charge in [0, 0.05) is 22.7 Å². The first-order valence-corrected chi connectivity index (χ1v) is 7.13. The molecule has 17 heavy (non-hydrogen) atoms. The van der Waals surface area contributed by atoms with Crippen molar-refractivity contribution in [3.63, 3.8) is 0 Å². The molecule has 0 bridgehead atoms. The lowest BCUT2D eigenvalue weighted by Crippen LogP contribution is -2.00. The van der Waals surface area contributed by atoms with Crippen molar-refractivity contribution in [3.8, 4) is 0 Å². The second-order valence-electron chi connectivity index (χ2n) is 3.85. The SMILES string of the molecule is OC(Cc1csc2ccccc12)c1nccs1. The number of fused-ring (bicyclic) bond motifs is 1. The normalized spacial score (nSPS) is 13.0. The average molecular weight is 261 g/mol. The van der Waals surface area contributed by atoms with Crippen LogP contribution in [0.1, 0.15) is 16.7 Å². The summed E-state index contributed by atoms with van der Waals surface area (Å²) in [5.41, 5.74) is 1.20. The van der Waals surface area contributed by atoms with Crippen molar-refractivity contribution < 1.29 is 5.11 Å². The maximum atomic E-state index is 10.1. The van der Waals surface area contributed by atoms with Gasteiger partial charge in [-0.15, -0.1) is 22.7 Å². The minimum atomic E-state index is -0.493. The Labute approximate surface area is 107 Å². The highest BCUT2D eigenvalue weighted by molar-refractivity contribution is 7.17. The van der Waals surface area contributed by atoms with Gasteiger partial charge in [-0.05, 0) is 22.4 Å². The number of rotatable bonds is 3. The molecule has 2 aromatic heterocycles. The van der Waals surface area contributed by atoms with Gasteiger partial charge in [0.25, 0.3) is 0 Å². The molecule has 0 aliphatic heterocycles. The molecule has 2 heterocycles. The molecule has 0 spiro atoms. The fraction of sp³-hybridized carbons (Fsp3) is 0.154. The van der Waals surface area contributed by atoms with Gasteiger partial charge >= 0.3 is 0 Å². The van der Waals surface area contributed by atoms with E-state index in [-0.39, 0.29) is 0 Å². The molecular weight excluding hydrogens is 250 g/mol. The molecule has 2 nitrogen and oxygen atoms in total. The van der Waals surface area contributed by atoms with Crippen LogP contribution in [0.2, 0.25) is 0 Å². The van der Waals surface area contributed by atoms with E-state index in [1.54, 1.807) is 17.5 Å². The zero-order valence-corrected chi connectivity index (χ0v) is 10.7. The van der Waals surface area contributed by atoms with Crippen LogP contribution in [0, 0.1) is 0 Å². The van der Waals surface area contributed by atoms with Crippen molar-refractivity contribution in [2.75, 3.05) is 0 Å². The fourth-order valence-electron chi connectivity index (χ4n) is 1.89. The lowest BCUT2D eigenvalue weighted by Gasteiger charge is -2.06. The molecule has 0 saturated carbocycles. The van der Waals surface area contributed by atoms with Crippen molar-refractivity contribution in [1.29, 1.82) is 0 Å². The molecule has 0 saturated heterocycles. The van der Waals surface area contributed by atoms with E-state index in [0.29, 0.717) is 6.42 Å².